The monoisotopic (exact) mass is 150 g/mol. The van der Waals surface area contributed by atoms with E-state index in [-0.39, 0.29) is 19.1 Å². The van der Waals surface area contributed by atoms with Crippen molar-refractivity contribution in [2.75, 3.05) is 20.1 Å². The van der Waals surface area contributed by atoms with Gasteiger partial charge in [0.25, 0.3) is 0 Å². The molecule has 0 aromatic heterocycles. The van der Waals surface area contributed by atoms with E-state index in [1.807, 2.05) is 0 Å². The summed E-state index contributed by atoms with van der Waals surface area (Å²) in [5, 5.41) is 2.43. The summed E-state index contributed by atoms with van der Waals surface area (Å²) in [6.07, 6.45) is 10.0. The Labute approximate surface area is 66.8 Å². The summed E-state index contributed by atoms with van der Waals surface area (Å²) in [5.74, 6) is 4.67. The molecule has 0 spiro atoms. The van der Waals surface area contributed by atoms with Crippen LogP contribution in [0.15, 0.2) is 0 Å². The van der Waals surface area contributed by atoms with E-state index in [4.69, 9.17) is 12.8 Å². The molecule has 0 saturated heterocycles. The minimum Gasteiger partial charge on any atom is -0.341 e. The molecule has 3 heteroatoms. The van der Waals surface area contributed by atoms with Gasteiger partial charge in [-0.05, 0) is 0 Å². The first-order chi connectivity index (χ1) is 5.26. The summed E-state index contributed by atoms with van der Waals surface area (Å²) < 4.78 is 0. The molecule has 0 aliphatic carbocycles. The fourth-order valence-electron chi connectivity index (χ4n) is 0.578. The van der Waals surface area contributed by atoms with Gasteiger partial charge in [0.2, 0.25) is 0 Å². The van der Waals surface area contributed by atoms with Gasteiger partial charge in [0, 0.05) is 7.05 Å². The number of amides is 2. The molecule has 2 amide bonds. The standard InChI is InChI=1S/C8H10N2O/c1-4-6-10(7-5-2)8(11)9-3/h1-2H,6-7H2,3H3,(H,9,11). The highest BCUT2D eigenvalue weighted by atomic mass is 16.2. The van der Waals surface area contributed by atoms with Crippen molar-refractivity contribution >= 4 is 6.03 Å². The Morgan fingerprint density at radius 1 is 1.45 bits per heavy atom. The average Bonchev–Trinajstić information content (AvgIpc) is 2.03. The van der Waals surface area contributed by atoms with Crippen LogP contribution in [0.1, 0.15) is 0 Å². The molecule has 0 unspecified atom stereocenters. The number of terminal acetylenes is 2. The number of hydrogen-bond acceptors (Lipinski definition) is 1. The summed E-state index contributed by atoms with van der Waals surface area (Å²) >= 11 is 0. The highest BCUT2D eigenvalue weighted by molar-refractivity contribution is 5.74. The minimum atomic E-state index is -0.249. The molecule has 0 aliphatic heterocycles. The molecule has 0 atom stereocenters. The number of nitrogens with one attached hydrogen (secondary N) is 1. The van der Waals surface area contributed by atoms with Crippen LogP contribution in [0.4, 0.5) is 4.79 Å². The third-order valence-electron chi connectivity index (χ3n) is 1.07. The van der Waals surface area contributed by atoms with E-state index in [9.17, 15) is 4.79 Å². The fraction of sp³-hybridized carbons (Fsp3) is 0.375. The molecule has 0 heterocycles. The maximum Gasteiger partial charge on any atom is 0.318 e. The number of hydrogen-bond donors (Lipinski definition) is 1. The first kappa shape index (κ1) is 9.39. The maximum atomic E-state index is 10.9. The fourth-order valence-corrected chi connectivity index (χ4v) is 0.578. The zero-order chi connectivity index (χ0) is 8.69. The van der Waals surface area contributed by atoms with Crippen molar-refractivity contribution in [1.82, 2.24) is 10.2 Å². The maximum absolute atomic E-state index is 10.9. The van der Waals surface area contributed by atoms with E-state index in [0.29, 0.717) is 0 Å². The summed E-state index contributed by atoms with van der Waals surface area (Å²) in [6, 6.07) is -0.249. The third-order valence-corrected chi connectivity index (χ3v) is 1.07. The van der Waals surface area contributed by atoms with Crippen LogP contribution in [-0.2, 0) is 0 Å². The first-order valence-electron chi connectivity index (χ1n) is 3.09. The van der Waals surface area contributed by atoms with Crippen LogP contribution in [0.2, 0.25) is 0 Å². The Bertz CT molecular complexity index is 193. The first-order valence-corrected chi connectivity index (χ1v) is 3.09. The van der Waals surface area contributed by atoms with Crippen LogP contribution in [0.25, 0.3) is 0 Å². The van der Waals surface area contributed by atoms with Gasteiger partial charge >= 0.3 is 6.03 Å². The van der Waals surface area contributed by atoms with Crippen LogP contribution >= 0.6 is 0 Å². The van der Waals surface area contributed by atoms with Crippen LogP contribution in [0.3, 0.4) is 0 Å². The molecule has 0 aliphatic rings. The van der Waals surface area contributed by atoms with Crippen molar-refractivity contribution < 1.29 is 4.79 Å². The second kappa shape index (κ2) is 5.20. The van der Waals surface area contributed by atoms with E-state index in [1.165, 1.54) is 11.9 Å². The van der Waals surface area contributed by atoms with Gasteiger partial charge < -0.3 is 10.2 Å². The normalized spacial score (nSPS) is 7.55. The van der Waals surface area contributed by atoms with Gasteiger partial charge in [0.15, 0.2) is 0 Å². The van der Waals surface area contributed by atoms with Crippen molar-refractivity contribution in [1.29, 1.82) is 0 Å². The number of carbonyl (C=O) groups is 1. The molecule has 0 saturated carbocycles. The second-order valence-corrected chi connectivity index (χ2v) is 1.82. The summed E-state index contributed by atoms with van der Waals surface area (Å²) in [6.45, 7) is 0.480. The van der Waals surface area contributed by atoms with Crippen LogP contribution in [0, 0.1) is 24.7 Å². The molecule has 0 aromatic rings. The smallest absolute Gasteiger partial charge is 0.318 e. The van der Waals surface area contributed by atoms with E-state index in [1.54, 1.807) is 0 Å². The van der Waals surface area contributed by atoms with Crippen molar-refractivity contribution in [3.8, 4) is 24.7 Å². The number of carbonyl (C=O) groups excluding carboxylic acids is 1. The van der Waals surface area contributed by atoms with Crippen LogP contribution < -0.4 is 5.32 Å². The minimum absolute atomic E-state index is 0.240. The van der Waals surface area contributed by atoms with E-state index in [0.717, 1.165) is 0 Å². The van der Waals surface area contributed by atoms with Gasteiger partial charge in [-0.25, -0.2) is 4.79 Å². The predicted octanol–water partition coefficient (Wildman–Crippen LogP) is -0.106. The molecule has 1 N–H and O–H groups in total. The van der Waals surface area contributed by atoms with Crippen molar-refractivity contribution in [2.45, 2.75) is 0 Å². The van der Waals surface area contributed by atoms with Crippen molar-refractivity contribution in [3.05, 3.63) is 0 Å². The van der Waals surface area contributed by atoms with Gasteiger partial charge in [0.1, 0.15) is 0 Å². The van der Waals surface area contributed by atoms with E-state index in [2.05, 4.69) is 17.2 Å². The van der Waals surface area contributed by atoms with Gasteiger partial charge in [-0.3, -0.25) is 0 Å². The average molecular weight is 150 g/mol. The van der Waals surface area contributed by atoms with Crippen molar-refractivity contribution in [3.63, 3.8) is 0 Å². The lowest BCUT2D eigenvalue weighted by Gasteiger charge is -2.15. The summed E-state index contributed by atoms with van der Waals surface area (Å²) in [5.41, 5.74) is 0. The Morgan fingerprint density at radius 3 is 2.18 bits per heavy atom. The van der Waals surface area contributed by atoms with Gasteiger partial charge in [-0.15, -0.1) is 12.8 Å². The van der Waals surface area contributed by atoms with Gasteiger partial charge in [0.05, 0.1) is 13.1 Å². The van der Waals surface area contributed by atoms with Crippen molar-refractivity contribution in [2.24, 2.45) is 0 Å². The molecule has 58 valence electrons. The van der Waals surface area contributed by atoms with Gasteiger partial charge in [-0.1, -0.05) is 11.8 Å². The lowest BCUT2D eigenvalue weighted by Crippen LogP contribution is -2.38. The van der Waals surface area contributed by atoms with Crippen LogP contribution in [-0.4, -0.2) is 31.1 Å². The highest BCUT2D eigenvalue weighted by Crippen LogP contribution is 1.85. The Hall–Kier alpha value is -1.61. The predicted molar refractivity (Wildman–Crippen MR) is 43.7 cm³/mol. The number of urea groups is 1. The lowest BCUT2D eigenvalue weighted by atomic mass is 10.5. The summed E-state index contributed by atoms with van der Waals surface area (Å²) in [4.78, 5) is 12.3. The molecule has 0 bridgehead atoms. The SMILES string of the molecule is C#CCN(CC#C)C(=O)NC. The molecule has 0 aromatic carbocycles. The molecule has 0 radical (unpaired) electrons. The zero-order valence-corrected chi connectivity index (χ0v) is 6.42. The number of nitrogens with zero attached hydrogens (tertiary/aromatic N) is 1. The Balaban J connectivity index is 4.02. The molecule has 3 nitrogen and oxygen atoms in total. The molecule has 0 fully saturated rings. The molecular weight excluding hydrogens is 140 g/mol. The zero-order valence-electron chi connectivity index (χ0n) is 6.42. The molecule has 0 rings (SSSR count). The molecule has 11 heavy (non-hydrogen) atoms. The number of rotatable bonds is 2. The highest BCUT2D eigenvalue weighted by Gasteiger charge is 2.06. The lowest BCUT2D eigenvalue weighted by molar-refractivity contribution is 0.212. The Morgan fingerprint density at radius 2 is 1.91 bits per heavy atom. The summed E-state index contributed by atoms with van der Waals surface area (Å²) in [7, 11) is 1.53. The molecular formula is C8H10N2O. The Kier molecular flexibility index (Phi) is 4.44. The quantitative estimate of drug-likeness (QED) is 0.547. The topological polar surface area (TPSA) is 32.3 Å². The second-order valence-electron chi connectivity index (χ2n) is 1.82. The largest absolute Gasteiger partial charge is 0.341 e. The van der Waals surface area contributed by atoms with E-state index >= 15 is 0 Å². The van der Waals surface area contributed by atoms with E-state index < -0.39 is 0 Å². The van der Waals surface area contributed by atoms with Gasteiger partial charge in [-0.2, -0.15) is 0 Å². The van der Waals surface area contributed by atoms with Crippen LogP contribution in [0.5, 0.6) is 0 Å². The third kappa shape index (κ3) is 3.17.